The monoisotopic (exact) mass is 212 g/mol. The third kappa shape index (κ3) is 2.78. The highest BCUT2D eigenvalue weighted by Crippen LogP contribution is 2.19. The largest absolute Gasteiger partial charge is 0.312 e. The van der Waals surface area contributed by atoms with Crippen LogP contribution < -0.4 is 5.32 Å². The number of amides is 2. The minimum absolute atomic E-state index is 0.0173. The Bertz CT molecular complexity index is 253. The Balaban J connectivity index is 2.56. The molecule has 0 aromatic heterocycles. The zero-order chi connectivity index (χ0) is 11.4. The van der Waals surface area contributed by atoms with Crippen LogP contribution in [0.2, 0.25) is 0 Å². The normalized spacial score (nSPS) is 23.7. The van der Waals surface area contributed by atoms with Gasteiger partial charge in [0, 0.05) is 24.9 Å². The molecule has 86 valence electrons. The maximum atomic E-state index is 11.6. The molecule has 2 atom stereocenters. The van der Waals surface area contributed by atoms with Crippen molar-refractivity contribution in [2.75, 3.05) is 13.1 Å². The van der Waals surface area contributed by atoms with Gasteiger partial charge in [0.25, 0.3) is 0 Å². The molecule has 1 aliphatic heterocycles. The second-order valence-electron chi connectivity index (χ2n) is 4.11. The van der Waals surface area contributed by atoms with Gasteiger partial charge >= 0.3 is 0 Å². The molecule has 4 heteroatoms. The number of imide groups is 1. The van der Waals surface area contributed by atoms with E-state index in [0.717, 1.165) is 13.0 Å². The van der Waals surface area contributed by atoms with Crippen LogP contribution in [0.5, 0.6) is 0 Å². The van der Waals surface area contributed by atoms with E-state index in [9.17, 15) is 9.59 Å². The molecule has 2 unspecified atom stereocenters. The molecule has 0 aromatic rings. The Morgan fingerprint density at radius 2 is 2.13 bits per heavy atom. The van der Waals surface area contributed by atoms with E-state index in [4.69, 9.17) is 0 Å². The molecule has 0 aliphatic carbocycles. The van der Waals surface area contributed by atoms with Gasteiger partial charge in [0.2, 0.25) is 11.8 Å². The van der Waals surface area contributed by atoms with E-state index in [-0.39, 0.29) is 23.8 Å². The minimum Gasteiger partial charge on any atom is -0.312 e. The van der Waals surface area contributed by atoms with Crippen molar-refractivity contribution < 1.29 is 9.59 Å². The highest BCUT2D eigenvalue weighted by molar-refractivity contribution is 6.03. The van der Waals surface area contributed by atoms with E-state index >= 15 is 0 Å². The van der Waals surface area contributed by atoms with Gasteiger partial charge in [-0.1, -0.05) is 20.8 Å². The van der Waals surface area contributed by atoms with Crippen molar-refractivity contribution in [3.63, 3.8) is 0 Å². The molecule has 1 N–H and O–H groups in total. The van der Waals surface area contributed by atoms with Crippen LogP contribution in [0.15, 0.2) is 0 Å². The zero-order valence-corrected chi connectivity index (χ0v) is 9.75. The van der Waals surface area contributed by atoms with E-state index in [1.165, 1.54) is 4.90 Å². The Kier molecular flexibility index (Phi) is 4.27. The first-order chi connectivity index (χ1) is 7.10. The zero-order valence-electron chi connectivity index (χ0n) is 9.75. The van der Waals surface area contributed by atoms with Gasteiger partial charge < -0.3 is 5.32 Å². The number of likely N-dealkylation sites (tertiary alicyclic amines) is 1. The minimum atomic E-state index is -0.128. The van der Waals surface area contributed by atoms with Crippen LogP contribution in [0.3, 0.4) is 0 Å². The molecule has 1 fully saturated rings. The summed E-state index contributed by atoms with van der Waals surface area (Å²) in [5, 5.41) is 3.27. The summed E-state index contributed by atoms with van der Waals surface area (Å²) in [5.41, 5.74) is 0. The van der Waals surface area contributed by atoms with Crippen LogP contribution >= 0.6 is 0 Å². The first kappa shape index (κ1) is 12.2. The van der Waals surface area contributed by atoms with Gasteiger partial charge in [-0.3, -0.25) is 14.5 Å². The molecule has 0 bridgehead atoms. The summed E-state index contributed by atoms with van der Waals surface area (Å²) in [4.78, 5) is 24.6. The Morgan fingerprint density at radius 3 is 2.53 bits per heavy atom. The van der Waals surface area contributed by atoms with Crippen molar-refractivity contribution >= 4 is 11.8 Å². The van der Waals surface area contributed by atoms with Crippen molar-refractivity contribution in [2.24, 2.45) is 5.92 Å². The highest BCUT2D eigenvalue weighted by Gasteiger charge is 2.36. The molecule has 0 aromatic carbocycles. The van der Waals surface area contributed by atoms with E-state index < -0.39 is 0 Å². The molecular weight excluding hydrogens is 192 g/mol. The van der Waals surface area contributed by atoms with Gasteiger partial charge in [0.1, 0.15) is 0 Å². The number of rotatable bonds is 5. The average Bonchev–Trinajstić information content (AvgIpc) is 2.44. The molecule has 0 radical (unpaired) electrons. The van der Waals surface area contributed by atoms with E-state index in [2.05, 4.69) is 12.2 Å². The fourth-order valence-electron chi connectivity index (χ4n) is 1.89. The van der Waals surface area contributed by atoms with Gasteiger partial charge in [-0.2, -0.15) is 0 Å². The number of hydrogen-bond donors (Lipinski definition) is 1. The summed E-state index contributed by atoms with van der Waals surface area (Å²) in [7, 11) is 0. The smallest absolute Gasteiger partial charge is 0.232 e. The van der Waals surface area contributed by atoms with Crippen LogP contribution in [0, 0.1) is 5.92 Å². The fourth-order valence-corrected chi connectivity index (χ4v) is 1.89. The number of carbonyl (C=O) groups is 2. The van der Waals surface area contributed by atoms with Gasteiger partial charge in [0.15, 0.2) is 0 Å². The summed E-state index contributed by atoms with van der Waals surface area (Å²) < 4.78 is 0. The van der Waals surface area contributed by atoms with Gasteiger partial charge in [-0.25, -0.2) is 0 Å². The van der Waals surface area contributed by atoms with Crippen LogP contribution in [-0.2, 0) is 9.59 Å². The number of nitrogens with one attached hydrogen (secondary N) is 1. The number of hydrogen-bond acceptors (Lipinski definition) is 3. The fraction of sp³-hybridized carbons (Fsp3) is 0.818. The van der Waals surface area contributed by atoms with Gasteiger partial charge in [0.05, 0.1) is 0 Å². The second-order valence-corrected chi connectivity index (χ2v) is 4.11. The Morgan fingerprint density at radius 1 is 1.47 bits per heavy atom. The Hall–Kier alpha value is -0.900. The molecule has 1 aliphatic rings. The van der Waals surface area contributed by atoms with E-state index in [0.29, 0.717) is 13.0 Å². The molecule has 1 saturated heterocycles. The summed E-state index contributed by atoms with van der Waals surface area (Å²) in [6.45, 7) is 7.28. The number of likely N-dealkylation sites (N-methyl/N-ethyl adjacent to an activating group) is 1. The molecular formula is C11H20N2O2. The first-order valence-corrected chi connectivity index (χ1v) is 5.67. The molecule has 0 saturated carbocycles. The second kappa shape index (κ2) is 5.26. The summed E-state index contributed by atoms with van der Waals surface area (Å²) in [5.74, 6) is -0.170. The number of nitrogens with zero attached hydrogens (tertiary/aromatic N) is 1. The molecule has 1 rings (SSSR count). The number of carbonyl (C=O) groups excluding carboxylic acids is 2. The lowest BCUT2D eigenvalue weighted by atomic mass is 10.1. The first-order valence-electron chi connectivity index (χ1n) is 5.67. The topological polar surface area (TPSA) is 49.4 Å². The van der Waals surface area contributed by atoms with E-state index in [1.54, 1.807) is 0 Å². The van der Waals surface area contributed by atoms with Crippen LogP contribution in [0.25, 0.3) is 0 Å². The van der Waals surface area contributed by atoms with Crippen LogP contribution in [-0.4, -0.2) is 35.8 Å². The van der Waals surface area contributed by atoms with Crippen molar-refractivity contribution in [2.45, 2.75) is 39.7 Å². The molecule has 0 spiro atoms. The molecule has 4 nitrogen and oxygen atoms in total. The van der Waals surface area contributed by atoms with Gasteiger partial charge in [-0.15, -0.1) is 0 Å². The lowest BCUT2D eigenvalue weighted by Crippen LogP contribution is -2.43. The average molecular weight is 212 g/mol. The lowest BCUT2D eigenvalue weighted by Gasteiger charge is -2.22. The standard InChI is InChI=1S/C11H20N2O2/c1-4-9(12-5-2)7-13-10(14)6-8(3)11(13)15/h8-9,12H,4-7H2,1-3H3. The maximum absolute atomic E-state index is 11.6. The van der Waals surface area contributed by atoms with Crippen molar-refractivity contribution in [1.29, 1.82) is 0 Å². The van der Waals surface area contributed by atoms with Crippen LogP contribution in [0.1, 0.15) is 33.6 Å². The van der Waals surface area contributed by atoms with Crippen molar-refractivity contribution in [3.8, 4) is 0 Å². The molecule has 1 heterocycles. The van der Waals surface area contributed by atoms with Crippen molar-refractivity contribution in [3.05, 3.63) is 0 Å². The summed E-state index contributed by atoms with van der Waals surface area (Å²) in [6.07, 6.45) is 1.31. The quantitative estimate of drug-likeness (QED) is 0.685. The predicted molar refractivity (Wildman–Crippen MR) is 58.3 cm³/mol. The highest BCUT2D eigenvalue weighted by atomic mass is 16.2. The predicted octanol–water partition coefficient (Wildman–Crippen LogP) is 0.769. The molecule has 2 amide bonds. The third-order valence-electron chi connectivity index (χ3n) is 2.86. The molecule has 15 heavy (non-hydrogen) atoms. The third-order valence-corrected chi connectivity index (χ3v) is 2.86. The summed E-state index contributed by atoms with van der Waals surface area (Å²) in [6, 6.07) is 0.230. The lowest BCUT2D eigenvalue weighted by molar-refractivity contribution is -0.139. The van der Waals surface area contributed by atoms with E-state index in [1.807, 2.05) is 13.8 Å². The van der Waals surface area contributed by atoms with Gasteiger partial charge in [-0.05, 0) is 13.0 Å². The SMILES string of the molecule is CCNC(CC)CN1C(=O)CC(C)C1=O. The van der Waals surface area contributed by atoms with Crippen molar-refractivity contribution in [1.82, 2.24) is 10.2 Å². The Labute approximate surface area is 91.0 Å². The summed E-state index contributed by atoms with van der Waals surface area (Å²) >= 11 is 0. The maximum Gasteiger partial charge on any atom is 0.232 e. The van der Waals surface area contributed by atoms with Crippen LogP contribution in [0.4, 0.5) is 0 Å².